The van der Waals surface area contributed by atoms with Gasteiger partial charge in [-0.1, -0.05) is 29.8 Å². The number of nitrogens with two attached hydrogens (primary N) is 1. The smallest absolute Gasteiger partial charge is 0.142 e. The molecule has 2 nitrogen and oxygen atoms in total. The molecule has 0 bridgehead atoms. The average molecular weight is 266 g/mol. The van der Waals surface area contributed by atoms with Crippen LogP contribution in [0.4, 0.5) is 10.1 Å². The molecule has 0 fully saturated rings. The molecule has 0 aromatic heterocycles. The van der Waals surface area contributed by atoms with Crippen LogP contribution in [0.5, 0.6) is 5.75 Å². The summed E-state index contributed by atoms with van der Waals surface area (Å²) in [5.74, 6) is 0.234. The van der Waals surface area contributed by atoms with E-state index in [1.165, 1.54) is 6.07 Å². The van der Waals surface area contributed by atoms with E-state index in [2.05, 4.69) is 0 Å². The summed E-state index contributed by atoms with van der Waals surface area (Å²) >= 11 is 5.85. The van der Waals surface area contributed by atoms with Crippen molar-refractivity contribution in [2.75, 3.05) is 5.73 Å². The Morgan fingerprint density at radius 1 is 1.28 bits per heavy atom. The van der Waals surface area contributed by atoms with Crippen LogP contribution in [0.2, 0.25) is 5.02 Å². The minimum atomic E-state index is -0.443. The molecule has 2 N–H and O–H groups in total. The van der Waals surface area contributed by atoms with Gasteiger partial charge >= 0.3 is 0 Å². The fourth-order valence-electron chi connectivity index (χ4n) is 1.59. The number of hydrogen-bond donors (Lipinski definition) is 1. The number of benzene rings is 2. The van der Waals surface area contributed by atoms with Crippen LogP contribution in [0.1, 0.15) is 11.1 Å². The molecule has 2 rings (SSSR count). The van der Waals surface area contributed by atoms with E-state index in [9.17, 15) is 4.39 Å². The molecule has 0 unspecified atom stereocenters. The maximum atomic E-state index is 13.2. The topological polar surface area (TPSA) is 35.2 Å². The normalized spacial score (nSPS) is 10.4. The van der Waals surface area contributed by atoms with Gasteiger partial charge in [0, 0.05) is 17.3 Å². The van der Waals surface area contributed by atoms with Crippen LogP contribution >= 0.6 is 11.6 Å². The molecule has 2 aromatic rings. The number of halogens is 2. The van der Waals surface area contributed by atoms with Crippen LogP contribution in [-0.2, 0) is 6.61 Å². The molecule has 94 valence electrons. The fraction of sp³-hybridized carbons (Fsp3) is 0.143. The van der Waals surface area contributed by atoms with Gasteiger partial charge in [0.25, 0.3) is 0 Å². The third kappa shape index (κ3) is 2.74. The Balaban J connectivity index is 2.16. The van der Waals surface area contributed by atoms with Gasteiger partial charge in [-0.2, -0.15) is 0 Å². The van der Waals surface area contributed by atoms with Gasteiger partial charge in [0.05, 0.1) is 5.02 Å². The maximum Gasteiger partial charge on any atom is 0.142 e. The molecule has 0 aliphatic carbocycles. The largest absolute Gasteiger partial charge is 0.488 e. The lowest BCUT2D eigenvalue weighted by Gasteiger charge is -2.11. The summed E-state index contributed by atoms with van der Waals surface area (Å²) in [4.78, 5) is 0. The zero-order chi connectivity index (χ0) is 13.1. The van der Waals surface area contributed by atoms with Crippen LogP contribution in [0, 0.1) is 12.7 Å². The van der Waals surface area contributed by atoms with E-state index in [4.69, 9.17) is 22.1 Å². The summed E-state index contributed by atoms with van der Waals surface area (Å²) < 4.78 is 18.8. The maximum absolute atomic E-state index is 13.2. The zero-order valence-corrected chi connectivity index (χ0v) is 10.7. The zero-order valence-electron chi connectivity index (χ0n) is 9.91. The van der Waals surface area contributed by atoms with Gasteiger partial charge in [0.1, 0.15) is 18.2 Å². The Labute approximate surface area is 110 Å². The third-order valence-electron chi connectivity index (χ3n) is 2.63. The fourth-order valence-corrected chi connectivity index (χ4v) is 1.77. The highest BCUT2D eigenvalue weighted by atomic mass is 35.5. The van der Waals surface area contributed by atoms with E-state index in [-0.39, 0.29) is 11.6 Å². The lowest BCUT2D eigenvalue weighted by Crippen LogP contribution is -1.99. The van der Waals surface area contributed by atoms with E-state index in [1.807, 2.05) is 13.0 Å². The molecule has 0 spiro atoms. The molecule has 0 radical (unpaired) electrons. The predicted octanol–water partition coefficient (Wildman–Crippen LogP) is 3.95. The van der Waals surface area contributed by atoms with Crippen molar-refractivity contribution in [1.29, 1.82) is 0 Å². The van der Waals surface area contributed by atoms with E-state index in [0.29, 0.717) is 17.0 Å². The van der Waals surface area contributed by atoms with E-state index < -0.39 is 5.82 Å². The van der Waals surface area contributed by atoms with Crippen LogP contribution in [0.25, 0.3) is 0 Å². The second-order valence-electron chi connectivity index (χ2n) is 4.03. The van der Waals surface area contributed by atoms with Crippen molar-refractivity contribution in [2.24, 2.45) is 0 Å². The number of aryl methyl sites for hydroxylation is 1. The molecule has 0 saturated carbocycles. The van der Waals surface area contributed by atoms with Crippen molar-refractivity contribution < 1.29 is 9.13 Å². The number of ether oxygens (including phenoxy) is 1. The standard InChI is InChI=1S/C14H13ClFNO/c1-9-5-6-11(17)7-13(9)18-8-10-3-2-4-12(16)14(10)15/h2-7H,8,17H2,1H3. The summed E-state index contributed by atoms with van der Waals surface area (Å²) in [6.45, 7) is 2.13. The Hall–Kier alpha value is -1.74. The molecule has 4 heteroatoms. The van der Waals surface area contributed by atoms with E-state index in [1.54, 1.807) is 24.3 Å². The average Bonchev–Trinajstić information content (AvgIpc) is 2.35. The quantitative estimate of drug-likeness (QED) is 0.853. The Bertz CT molecular complexity index is 570. The van der Waals surface area contributed by atoms with Gasteiger partial charge in [0.2, 0.25) is 0 Å². The molecule has 2 aromatic carbocycles. The molecular weight excluding hydrogens is 253 g/mol. The van der Waals surface area contributed by atoms with Gasteiger partial charge in [-0.05, 0) is 24.6 Å². The first-order chi connectivity index (χ1) is 8.58. The van der Waals surface area contributed by atoms with Crippen molar-refractivity contribution in [3.05, 3.63) is 58.4 Å². The number of anilines is 1. The SMILES string of the molecule is Cc1ccc(N)cc1OCc1cccc(F)c1Cl. The summed E-state index contributed by atoms with van der Waals surface area (Å²) in [7, 11) is 0. The first-order valence-electron chi connectivity index (χ1n) is 5.50. The van der Waals surface area contributed by atoms with Crippen molar-refractivity contribution in [2.45, 2.75) is 13.5 Å². The molecule has 0 aliphatic heterocycles. The number of hydrogen-bond acceptors (Lipinski definition) is 2. The van der Waals surface area contributed by atoms with Crippen molar-refractivity contribution in [1.82, 2.24) is 0 Å². The molecule has 18 heavy (non-hydrogen) atoms. The van der Waals surface area contributed by atoms with Gasteiger partial charge < -0.3 is 10.5 Å². The van der Waals surface area contributed by atoms with Gasteiger partial charge in [-0.3, -0.25) is 0 Å². The van der Waals surface area contributed by atoms with Crippen molar-refractivity contribution >= 4 is 17.3 Å². The first kappa shape index (κ1) is 12.7. The highest BCUT2D eigenvalue weighted by Crippen LogP contribution is 2.24. The summed E-state index contributed by atoms with van der Waals surface area (Å²) in [5, 5.41) is 0.0963. The monoisotopic (exact) mass is 265 g/mol. The minimum absolute atomic E-state index is 0.0963. The molecule has 0 amide bonds. The molecule has 0 aliphatic rings. The molecule has 0 atom stereocenters. The van der Waals surface area contributed by atoms with E-state index in [0.717, 1.165) is 5.56 Å². The van der Waals surface area contributed by atoms with Crippen molar-refractivity contribution in [3.63, 3.8) is 0 Å². The lowest BCUT2D eigenvalue weighted by molar-refractivity contribution is 0.304. The van der Waals surface area contributed by atoms with E-state index >= 15 is 0 Å². The Morgan fingerprint density at radius 3 is 2.83 bits per heavy atom. The van der Waals surface area contributed by atoms with Crippen LogP contribution < -0.4 is 10.5 Å². The van der Waals surface area contributed by atoms with Crippen LogP contribution in [-0.4, -0.2) is 0 Å². The Morgan fingerprint density at radius 2 is 2.06 bits per heavy atom. The van der Waals surface area contributed by atoms with Gasteiger partial charge in [-0.15, -0.1) is 0 Å². The third-order valence-corrected chi connectivity index (χ3v) is 3.05. The minimum Gasteiger partial charge on any atom is -0.488 e. The summed E-state index contributed by atoms with van der Waals surface area (Å²) in [6.07, 6.45) is 0. The summed E-state index contributed by atoms with van der Waals surface area (Å²) in [6, 6.07) is 10.1. The summed E-state index contributed by atoms with van der Waals surface area (Å²) in [5.41, 5.74) is 7.89. The van der Waals surface area contributed by atoms with Crippen molar-refractivity contribution in [3.8, 4) is 5.75 Å². The van der Waals surface area contributed by atoms with Crippen LogP contribution in [0.3, 0.4) is 0 Å². The Kier molecular flexibility index (Phi) is 3.72. The molecular formula is C14H13ClFNO. The van der Waals surface area contributed by atoms with Gasteiger partial charge in [0.15, 0.2) is 0 Å². The first-order valence-corrected chi connectivity index (χ1v) is 5.87. The second kappa shape index (κ2) is 5.27. The molecule has 0 heterocycles. The molecule has 0 saturated heterocycles. The highest BCUT2D eigenvalue weighted by Gasteiger charge is 2.07. The highest BCUT2D eigenvalue weighted by molar-refractivity contribution is 6.31. The lowest BCUT2D eigenvalue weighted by atomic mass is 10.2. The van der Waals surface area contributed by atoms with Gasteiger partial charge in [-0.25, -0.2) is 4.39 Å². The second-order valence-corrected chi connectivity index (χ2v) is 4.40. The number of nitrogen functional groups attached to an aromatic ring is 1. The predicted molar refractivity (Wildman–Crippen MR) is 71.3 cm³/mol. The number of rotatable bonds is 3. The van der Waals surface area contributed by atoms with Crippen LogP contribution in [0.15, 0.2) is 36.4 Å².